The van der Waals surface area contributed by atoms with Crippen LogP contribution < -0.4 is 0 Å². The molecule has 1 heterocycles. The number of likely N-dealkylation sites (tertiary alicyclic amines) is 1. The van der Waals surface area contributed by atoms with Gasteiger partial charge in [-0.25, -0.2) is 0 Å². The van der Waals surface area contributed by atoms with Gasteiger partial charge in [-0.2, -0.15) is 0 Å². The molecule has 1 aliphatic heterocycles. The van der Waals surface area contributed by atoms with Crippen molar-refractivity contribution < 1.29 is 19.4 Å². The minimum absolute atomic E-state index is 0.0396. The number of ether oxygens (including phenoxy) is 1. The van der Waals surface area contributed by atoms with Gasteiger partial charge in [0.1, 0.15) is 5.25 Å². The van der Waals surface area contributed by atoms with E-state index in [0.29, 0.717) is 30.2 Å². The molecule has 5 nitrogen and oxygen atoms in total. The fourth-order valence-electron chi connectivity index (χ4n) is 3.17. The third kappa shape index (κ3) is 5.36. The quantitative estimate of drug-likeness (QED) is 0.711. The molecule has 1 fully saturated rings. The first kappa shape index (κ1) is 20.4. The van der Waals surface area contributed by atoms with Crippen molar-refractivity contribution in [3.8, 4) is 0 Å². The molecule has 6 heteroatoms. The summed E-state index contributed by atoms with van der Waals surface area (Å²) in [6, 6.07) is 17.3. The predicted octanol–water partition coefficient (Wildman–Crippen LogP) is 4.07. The summed E-state index contributed by atoms with van der Waals surface area (Å²) in [7, 11) is 0. The highest BCUT2D eigenvalue weighted by Crippen LogP contribution is 2.29. The lowest BCUT2D eigenvalue weighted by Crippen LogP contribution is -2.41. The smallest absolute Gasteiger partial charge is 0.316 e. The summed E-state index contributed by atoms with van der Waals surface area (Å²) in [4.78, 5) is 26.7. The first-order chi connectivity index (χ1) is 13.5. The molecular formula is C22H25NO4S. The topological polar surface area (TPSA) is 66.8 Å². The van der Waals surface area contributed by atoms with E-state index in [2.05, 4.69) is 0 Å². The maximum Gasteiger partial charge on any atom is 0.316 e. The lowest BCUT2D eigenvalue weighted by Gasteiger charge is -2.32. The van der Waals surface area contributed by atoms with Gasteiger partial charge in [-0.15, -0.1) is 11.8 Å². The van der Waals surface area contributed by atoms with Gasteiger partial charge in [0.05, 0.1) is 18.3 Å². The van der Waals surface area contributed by atoms with Crippen molar-refractivity contribution in [2.45, 2.75) is 42.6 Å². The molecule has 148 valence electrons. The lowest BCUT2D eigenvalue weighted by molar-refractivity contribution is -0.136. The van der Waals surface area contributed by atoms with Crippen LogP contribution in [0.25, 0.3) is 0 Å². The number of carboxylic acids is 1. The van der Waals surface area contributed by atoms with Crippen LogP contribution in [-0.2, 0) is 16.1 Å². The molecule has 1 aliphatic rings. The summed E-state index contributed by atoms with van der Waals surface area (Å²) in [5.74, 6) is -0.925. The average molecular weight is 400 g/mol. The van der Waals surface area contributed by atoms with E-state index in [-0.39, 0.29) is 12.0 Å². The Morgan fingerprint density at radius 2 is 1.75 bits per heavy atom. The zero-order valence-corrected chi connectivity index (χ0v) is 16.7. The van der Waals surface area contributed by atoms with E-state index in [9.17, 15) is 9.59 Å². The monoisotopic (exact) mass is 399 g/mol. The summed E-state index contributed by atoms with van der Waals surface area (Å²) in [6.07, 6.45) is 1.76. The first-order valence-electron chi connectivity index (χ1n) is 9.48. The van der Waals surface area contributed by atoms with Crippen LogP contribution in [0, 0.1) is 0 Å². The molecule has 1 atom stereocenters. The Morgan fingerprint density at radius 3 is 2.43 bits per heavy atom. The molecule has 0 bridgehead atoms. The van der Waals surface area contributed by atoms with E-state index in [4.69, 9.17) is 9.84 Å². The van der Waals surface area contributed by atoms with Gasteiger partial charge < -0.3 is 14.7 Å². The number of thioether (sulfide) groups is 1. The number of piperidine rings is 1. The van der Waals surface area contributed by atoms with Gasteiger partial charge in [0.15, 0.2) is 0 Å². The molecule has 0 spiro atoms. The molecule has 1 N–H and O–H groups in total. The summed E-state index contributed by atoms with van der Waals surface area (Å²) >= 11 is 1.21. The van der Waals surface area contributed by atoms with E-state index in [1.54, 1.807) is 13.0 Å². The van der Waals surface area contributed by atoms with Crippen molar-refractivity contribution in [2.75, 3.05) is 13.1 Å². The summed E-state index contributed by atoms with van der Waals surface area (Å²) in [5.41, 5.74) is 1.73. The van der Waals surface area contributed by atoms with Gasteiger partial charge in [0.2, 0.25) is 0 Å². The van der Waals surface area contributed by atoms with Crippen LogP contribution in [0.5, 0.6) is 0 Å². The van der Waals surface area contributed by atoms with E-state index in [1.807, 2.05) is 53.4 Å². The van der Waals surface area contributed by atoms with E-state index >= 15 is 0 Å². The van der Waals surface area contributed by atoms with Crippen LogP contribution in [-0.4, -0.2) is 46.3 Å². The van der Waals surface area contributed by atoms with Gasteiger partial charge in [-0.05, 0) is 37.5 Å². The highest BCUT2D eigenvalue weighted by Gasteiger charge is 2.26. The normalized spacial score (nSPS) is 16.0. The fourth-order valence-corrected chi connectivity index (χ4v) is 4.09. The van der Waals surface area contributed by atoms with Crippen molar-refractivity contribution in [3.05, 3.63) is 65.7 Å². The van der Waals surface area contributed by atoms with Crippen molar-refractivity contribution in [3.63, 3.8) is 0 Å². The van der Waals surface area contributed by atoms with Crippen LogP contribution in [0.4, 0.5) is 0 Å². The fraction of sp³-hybridized carbons (Fsp3) is 0.364. The number of hydrogen-bond donors (Lipinski definition) is 1. The number of nitrogens with zero attached hydrogens (tertiary/aromatic N) is 1. The predicted molar refractivity (Wildman–Crippen MR) is 110 cm³/mol. The van der Waals surface area contributed by atoms with Crippen molar-refractivity contribution in [1.82, 2.24) is 4.90 Å². The van der Waals surface area contributed by atoms with Crippen LogP contribution in [0.1, 0.15) is 35.7 Å². The Kier molecular flexibility index (Phi) is 7.12. The second-order valence-corrected chi connectivity index (χ2v) is 8.27. The van der Waals surface area contributed by atoms with Crippen molar-refractivity contribution in [2.24, 2.45) is 0 Å². The van der Waals surface area contributed by atoms with Crippen LogP contribution >= 0.6 is 11.8 Å². The van der Waals surface area contributed by atoms with Crippen molar-refractivity contribution >= 4 is 23.6 Å². The Labute approximate surface area is 169 Å². The van der Waals surface area contributed by atoms with Gasteiger partial charge in [0.25, 0.3) is 5.91 Å². The van der Waals surface area contributed by atoms with E-state index in [0.717, 1.165) is 18.4 Å². The molecular weight excluding hydrogens is 374 g/mol. The maximum atomic E-state index is 13.0. The minimum Gasteiger partial charge on any atom is -0.480 e. The van der Waals surface area contributed by atoms with Crippen LogP contribution in [0.3, 0.4) is 0 Å². The third-order valence-corrected chi connectivity index (χ3v) is 5.99. The second kappa shape index (κ2) is 9.75. The van der Waals surface area contributed by atoms with Gasteiger partial charge >= 0.3 is 5.97 Å². The average Bonchev–Trinajstić information content (AvgIpc) is 2.73. The molecule has 28 heavy (non-hydrogen) atoms. The number of hydrogen-bond acceptors (Lipinski definition) is 4. The van der Waals surface area contributed by atoms with E-state index < -0.39 is 11.2 Å². The molecule has 0 aliphatic carbocycles. The van der Waals surface area contributed by atoms with Crippen LogP contribution in [0.2, 0.25) is 0 Å². The van der Waals surface area contributed by atoms with E-state index in [1.165, 1.54) is 11.8 Å². The van der Waals surface area contributed by atoms with Crippen LogP contribution in [0.15, 0.2) is 59.5 Å². The largest absolute Gasteiger partial charge is 0.480 e. The molecule has 1 amide bonds. The number of rotatable bonds is 7. The van der Waals surface area contributed by atoms with Gasteiger partial charge in [0, 0.05) is 18.0 Å². The zero-order chi connectivity index (χ0) is 19.9. The van der Waals surface area contributed by atoms with Gasteiger partial charge in [-0.1, -0.05) is 42.5 Å². The molecule has 1 saturated heterocycles. The second-order valence-electron chi connectivity index (χ2n) is 6.88. The molecule has 0 saturated carbocycles. The Bertz CT molecular complexity index is 803. The Morgan fingerprint density at radius 1 is 1.11 bits per heavy atom. The summed E-state index contributed by atoms with van der Waals surface area (Å²) in [5, 5.41) is 8.55. The molecule has 0 radical (unpaired) electrons. The third-order valence-electron chi connectivity index (χ3n) is 4.83. The number of carbonyl (C=O) groups is 2. The minimum atomic E-state index is -0.886. The van der Waals surface area contributed by atoms with Crippen molar-refractivity contribution in [1.29, 1.82) is 0 Å². The molecule has 2 aromatic rings. The number of amides is 1. The zero-order valence-electron chi connectivity index (χ0n) is 15.9. The number of aliphatic carboxylic acids is 1. The standard InChI is InChI=1S/C22H25NO4S/c1-16(22(25)26)28-20-10-6-5-9-19(20)21(24)23-13-11-18(12-14-23)27-15-17-7-3-2-4-8-17/h2-10,16,18H,11-15H2,1H3,(H,25,26). The number of carbonyl (C=O) groups excluding carboxylic acids is 1. The lowest BCUT2D eigenvalue weighted by atomic mass is 10.1. The van der Waals surface area contributed by atoms with Gasteiger partial charge in [-0.3, -0.25) is 9.59 Å². The summed E-state index contributed by atoms with van der Waals surface area (Å²) < 4.78 is 6.00. The molecule has 3 rings (SSSR count). The molecule has 1 unspecified atom stereocenters. The molecule has 0 aromatic heterocycles. The SMILES string of the molecule is CC(Sc1ccccc1C(=O)N1CCC(OCc2ccccc2)CC1)C(=O)O. The highest BCUT2D eigenvalue weighted by molar-refractivity contribution is 8.00. The Hall–Kier alpha value is -2.31. The summed E-state index contributed by atoms with van der Waals surface area (Å²) in [6.45, 7) is 3.51. The Balaban J connectivity index is 1.56. The highest BCUT2D eigenvalue weighted by atomic mass is 32.2. The molecule has 2 aromatic carbocycles. The number of benzene rings is 2. The maximum absolute atomic E-state index is 13.0. The number of carboxylic acid groups (broad SMARTS) is 1. The first-order valence-corrected chi connectivity index (χ1v) is 10.4.